The van der Waals surface area contributed by atoms with Gasteiger partial charge in [0.25, 0.3) is 0 Å². The summed E-state index contributed by atoms with van der Waals surface area (Å²) in [5.74, 6) is 2.22. The third-order valence-corrected chi connectivity index (χ3v) is 5.50. The summed E-state index contributed by atoms with van der Waals surface area (Å²) in [5.41, 5.74) is 1.98. The molecule has 3 unspecified atom stereocenters. The molecule has 0 bridgehead atoms. The summed E-state index contributed by atoms with van der Waals surface area (Å²) < 4.78 is 5.82. The molecule has 3 rings (SSSR count). The number of morpholine rings is 1. The second kappa shape index (κ2) is 8.23. The van der Waals surface area contributed by atoms with E-state index in [0.717, 1.165) is 42.5 Å². The van der Waals surface area contributed by atoms with Crippen molar-refractivity contribution < 1.29 is 9.53 Å². The first-order chi connectivity index (χ1) is 11.6. The molecule has 2 aliphatic rings. The molecule has 6 heteroatoms. The molecule has 2 fully saturated rings. The molecule has 0 radical (unpaired) electrons. The Morgan fingerprint density at radius 3 is 2.79 bits per heavy atom. The molecule has 1 amide bonds. The number of benzene rings is 1. The molecule has 1 aromatic carbocycles. The van der Waals surface area contributed by atoms with Gasteiger partial charge in [-0.15, -0.1) is 0 Å². The first-order valence-electron chi connectivity index (χ1n) is 8.72. The van der Waals surface area contributed by atoms with Gasteiger partial charge < -0.3 is 20.3 Å². The van der Waals surface area contributed by atoms with E-state index < -0.39 is 0 Å². The number of nitrogens with one attached hydrogen (secondary N) is 2. The number of amides is 1. The fraction of sp³-hybridized carbons (Fsp3) is 0.611. The van der Waals surface area contributed by atoms with Crippen LogP contribution in [0.25, 0.3) is 0 Å². The van der Waals surface area contributed by atoms with E-state index in [1.807, 2.05) is 30.0 Å². The van der Waals surface area contributed by atoms with Gasteiger partial charge in [0.05, 0.1) is 23.6 Å². The average Bonchev–Trinajstić information content (AvgIpc) is 2.55. The van der Waals surface area contributed by atoms with Crippen LogP contribution in [0, 0.1) is 0 Å². The van der Waals surface area contributed by atoms with Crippen molar-refractivity contribution in [3.8, 4) is 0 Å². The molecule has 0 spiro atoms. The second-order valence-electron chi connectivity index (χ2n) is 6.66. The number of carbonyl (C=O) groups is 1. The molecule has 0 aliphatic carbocycles. The van der Waals surface area contributed by atoms with Crippen molar-refractivity contribution in [3.63, 3.8) is 0 Å². The number of thioether (sulfide) groups is 1. The highest BCUT2D eigenvalue weighted by atomic mass is 32.2. The summed E-state index contributed by atoms with van der Waals surface area (Å²) in [6.07, 6.45) is 0.916. The van der Waals surface area contributed by atoms with E-state index in [2.05, 4.69) is 35.4 Å². The van der Waals surface area contributed by atoms with Crippen LogP contribution in [0.15, 0.2) is 24.3 Å². The number of hydrogen-bond donors (Lipinski definition) is 2. The molecule has 24 heavy (non-hydrogen) atoms. The minimum Gasteiger partial charge on any atom is -0.372 e. The van der Waals surface area contributed by atoms with Gasteiger partial charge in [0.2, 0.25) is 5.91 Å². The van der Waals surface area contributed by atoms with E-state index in [9.17, 15) is 4.79 Å². The van der Waals surface area contributed by atoms with Gasteiger partial charge in [0, 0.05) is 43.6 Å². The molecule has 2 N–H and O–H groups in total. The van der Waals surface area contributed by atoms with Crippen molar-refractivity contribution in [2.24, 2.45) is 0 Å². The van der Waals surface area contributed by atoms with Crippen molar-refractivity contribution in [1.29, 1.82) is 0 Å². The van der Waals surface area contributed by atoms with Gasteiger partial charge >= 0.3 is 0 Å². The molecule has 2 saturated heterocycles. The Morgan fingerprint density at radius 2 is 2.08 bits per heavy atom. The number of ether oxygens (including phenoxy) is 1. The SMILES string of the molecule is CC1CN(c2ccccc2NC(=O)CC2CSCCN2)CC(C)O1. The summed E-state index contributed by atoms with van der Waals surface area (Å²) in [6, 6.07) is 8.34. The Balaban J connectivity index is 1.66. The van der Waals surface area contributed by atoms with Crippen molar-refractivity contribution in [3.05, 3.63) is 24.3 Å². The van der Waals surface area contributed by atoms with E-state index in [1.54, 1.807) is 0 Å². The van der Waals surface area contributed by atoms with Crippen molar-refractivity contribution >= 4 is 29.0 Å². The molecular formula is C18H27N3O2S. The van der Waals surface area contributed by atoms with Gasteiger partial charge in [-0.3, -0.25) is 4.79 Å². The second-order valence-corrected chi connectivity index (χ2v) is 7.81. The first kappa shape index (κ1) is 17.6. The van der Waals surface area contributed by atoms with Gasteiger partial charge in [-0.1, -0.05) is 12.1 Å². The van der Waals surface area contributed by atoms with Gasteiger partial charge in [-0.2, -0.15) is 11.8 Å². The van der Waals surface area contributed by atoms with Crippen LogP contribution in [0.5, 0.6) is 0 Å². The maximum atomic E-state index is 12.4. The van der Waals surface area contributed by atoms with E-state index in [4.69, 9.17) is 4.74 Å². The van der Waals surface area contributed by atoms with E-state index in [0.29, 0.717) is 6.42 Å². The maximum absolute atomic E-state index is 12.4. The number of para-hydroxylation sites is 2. The third-order valence-electron chi connectivity index (χ3n) is 4.37. The Hall–Kier alpha value is -1.24. The highest BCUT2D eigenvalue weighted by Gasteiger charge is 2.24. The Kier molecular flexibility index (Phi) is 6.03. The van der Waals surface area contributed by atoms with E-state index >= 15 is 0 Å². The number of anilines is 2. The normalized spacial score (nSPS) is 27.8. The summed E-state index contributed by atoms with van der Waals surface area (Å²) >= 11 is 1.91. The van der Waals surface area contributed by atoms with Crippen LogP contribution in [-0.4, -0.2) is 55.3 Å². The summed E-state index contributed by atoms with van der Waals surface area (Å²) in [6.45, 7) is 6.87. The lowest BCUT2D eigenvalue weighted by atomic mass is 10.1. The highest BCUT2D eigenvalue weighted by molar-refractivity contribution is 7.99. The number of rotatable bonds is 4. The average molecular weight is 350 g/mol. The van der Waals surface area contributed by atoms with Crippen LogP contribution in [0.1, 0.15) is 20.3 Å². The van der Waals surface area contributed by atoms with Gasteiger partial charge in [-0.25, -0.2) is 0 Å². The lowest BCUT2D eigenvalue weighted by molar-refractivity contribution is -0.116. The van der Waals surface area contributed by atoms with Crippen LogP contribution in [-0.2, 0) is 9.53 Å². The maximum Gasteiger partial charge on any atom is 0.226 e. The zero-order chi connectivity index (χ0) is 16.9. The summed E-state index contributed by atoms with van der Waals surface area (Å²) in [7, 11) is 0. The quantitative estimate of drug-likeness (QED) is 0.874. The van der Waals surface area contributed by atoms with Crippen LogP contribution < -0.4 is 15.5 Å². The minimum absolute atomic E-state index is 0.0804. The number of hydrogen-bond acceptors (Lipinski definition) is 5. The van der Waals surface area contributed by atoms with Crippen molar-refractivity contribution in [2.75, 3.05) is 41.4 Å². The third kappa shape index (κ3) is 4.65. The van der Waals surface area contributed by atoms with Crippen molar-refractivity contribution in [1.82, 2.24) is 5.32 Å². The predicted octanol–water partition coefficient (Wildman–Crippen LogP) is 2.33. The molecule has 0 saturated carbocycles. The molecule has 2 aliphatic heterocycles. The summed E-state index contributed by atoms with van der Waals surface area (Å²) in [4.78, 5) is 14.7. The van der Waals surface area contributed by atoms with Crippen LogP contribution in [0.2, 0.25) is 0 Å². The zero-order valence-corrected chi connectivity index (χ0v) is 15.3. The van der Waals surface area contributed by atoms with E-state index in [1.165, 1.54) is 0 Å². The molecular weight excluding hydrogens is 322 g/mol. The zero-order valence-electron chi connectivity index (χ0n) is 14.5. The van der Waals surface area contributed by atoms with E-state index in [-0.39, 0.29) is 24.2 Å². The smallest absolute Gasteiger partial charge is 0.226 e. The van der Waals surface area contributed by atoms with Crippen LogP contribution in [0.3, 0.4) is 0 Å². The topological polar surface area (TPSA) is 53.6 Å². The van der Waals surface area contributed by atoms with Gasteiger partial charge in [0.1, 0.15) is 0 Å². The lowest BCUT2D eigenvalue weighted by Gasteiger charge is -2.37. The molecule has 3 atom stereocenters. The molecule has 0 aromatic heterocycles. The van der Waals surface area contributed by atoms with Crippen LogP contribution >= 0.6 is 11.8 Å². The molecule has 2 heterocycles. The Morgan fingerprint density at radius 1 is 1.33 bits per heavy atom. The summed E-state index contributed by atoms with van der Waals surface area (Å²) in [5, 5.41) is 6.53. The molecule has 5 nitrogen and oxygen atoms in total. The largest absolute Gasteiger partial charge is 0.372 e. The minimum atomic E-state index is 0.0804. The number of carbonyl (C=O) groups excluding carboxylic acids is 1. The Bertz CT molecular complexity index is 553. The molecule has 1 aromatic rings. The van der Waals surface area contributed by atoms with Crippen molar-refractivity contribution in [2.45, 2.75) is 38.5 Å². The van der Waals surface area contributed by atoms with Crippen LogP contribution in [0.4, 0.5) is 11.4 Å². The standard InChI is InChI=1S/C18H27N3O2S/c1-13-10-21(11-14(2)23-13)17-6-4-3-5-16(17)20-18(22)9-15-12-24-8-7-19-15/h3-6,13-15,19H,7-12H2,1-2H3,(H,20,22). The lowest BCUT2D eigenvalue weighted by Crippen LogP contribution is -2.45. The fourth-order valence-corrected chi connectivity index (χ4v) is 4.35. The monoisotopic (exact) mass is 349 g/mol. The predicted molar refractivity (Wildman–Crippen MR) is 101 cm³/mol. The highest BCUT2D eigenvalue weighted by Crippen LogP contribution is 2.28. The first-order valence-corrected chi connectivity index (χ1v) is 9.87. The fourth-order valence-electron chi connectivity index (χ4n) is 3.41. The number of nitrogens with zero attached hydrogens (tertiary/aromatic N) is 1. The van der Waals surface area contributed by atoms with Gasteiger partial charge in [-0.05, 0) is 26.0 Å². The van der Waals surface area contributed by atoms with Gasteiger partial charge in [0.15, 0.2) is 0 Å². The Labute approximate surface area is 148 Å². The molecule has 132 valence electrons.